The highest BCUT2D eigenvalue weighted by Crippen LogP contribution is 2.20. The minimum atomic E-state index is -3.56. The van der Waals surface area contributed by atoms with Crippen LogP contribution in [-0.4, -0.2) is 26.0 Å². The molecule has 0 saturated heterocycles. The third-order valence-corrected chi connectivity index (χ3v) is 5.04. The Morgan fingerprint density at radius 3 is 2.81 bits per heavy atom. The fourth-order valence-corrected chi connectivity index (χ4v) is 3.80. The second-order valence-electron chi connectivity index (χ2n) is 4.32. The lowest BCUT2D eigenvalue weighted by Gasteiger charge is -2.02. The number of carbonyl (C=O) groups excluding carboxylic acids is 1. The van der Waals surface area contributed by atoms with Crippen LogP contribution in [0, 0.1) is 6.92 Å². The van der Waals surface area contributed by atoms with E-state index in [0.717, 1.165) is 11.3 Å². The maximum atomic E-state index is 12.0. The predicted octanol–water partition coefficient (Wildman–Crippen LogP) is 1.99. The second-order valence-corrected chi connectivity index (χ2v) is 7.00. The van der Waals surface area contributed by atoms with Crippen molar-refractivity contribution in [3.05, 3.63) is 28.2 Å². The van der Waals surface area contributed by atoms with E-state index in [1.54, 1.807) is 13.0 Å². The van der Waals surface area contributed by atoms with Crippen molar-refractivity contribution in [1.29, 1.82) is 0 Å². The van der Waals surface area contributed by atoms with Crippen LogP contribution in [0.5, 0.6) is 0 Å². The van der Waals surface area contributed by atoms with E-state index in [9.17, 15) is 13.2 Å². The van der Waals surface area contributed by atoms with E-state index < -0.39 is 15.9 Å². The average molecular weight is 329 g/mol. The first kappa shape index (κ1) is 15.7. The number of sulfonamides is 1. The molecule has 0 spiro atoms. The van der Waals surface area contributed by atoms with Crippen LogP contribution >= 0.6 is 11.3 Å². The molecule has 0 saturated carbocycles. The molecule has 2 aromatic rings. The van der Waals surface area contributed by atoms with Crippen LogP contribution in [0.15, 0.2) is 26.9 Å². The zero-order chi connectivity index (χ0) is 15.5. The van der Waals surface area contributed by atoms with Crippen molar-refractivity contribution in [2.75, 3.05) is 11.9 Å². The minimum absolute atomic E-state index is 0.0856. The van der Waals surface area contributed by atoms with Gasteiger partial charge in [-0.2, -0.15) is 0 Å². The van der Waals surface area contributed by atoms with E-state index in [4.69, 9.17) is 4.52 Å². The first-order chi connectivity index (χ1) is 9.92. The Labute approximate surface area is 126 Å². The third-order valence-electron chi connectivity index (χ3n) is 2.52. The van der Waals surface area contributed by atoms with Crippen LogP contribution < -0.4 is 10.0 Å². The number of anilines is 1. The molecule has 2 aromatic heterocycles. The number of thiophene rings is 1. The molecule has 0 fully saturated rings. The summed E-state index contributed by atoms with van der Waals surface area (Å²) in [5.41, 5.74) is 0. The molecule has 0 bridgehead atoms. The van der Waals surface area contributed by atoms with Crippen molar-refractivity contribution in [2.45, 2.75) is 25.2 Å². The van der Waals surface area contributed by atoms with E-state index in [2.05, 4.69) is 15.2 Å². The molecular weight excluding hydrogens is 314 g/mol. The summed E-state index contributed by atoms with van der Waals surface area (Å²) >= 11 is 1.05. The van der Waals surface area contributed by atoms with Crippen LogP contribution in [0.4, 0.5) is 5.82 Å². The van der Waals surface area contributed by atoms with Crippen LogP contribution in [0.3, 0.4) is 0 Å². The van der Waals surface area contributed by atoms with Gasteiger partial charge < -0.3 is 9.84 Å². The van der Waals surface area contributed by atoms with Gasteiger partial charge in [0.05, 0.1) is 9.77 Å². The van der Waals surface area contributed by atoms with Gasteiger partial charge in [-0.25, -0.2) is 13.1 Å². The van der Waals surface area contributed by atoms with Crippen LogP contribution in [-0.2, 0) is 10.0 Å². The highest BCUT2D eigenvalue weighted by Gasteiger charge is 2.18. The summed E-state index contributed by atoms with van der Waals surface area (Å²) in [4.78, 5) is 12.4. The molecule has 0 atom stereocenters. The molecule has 114 valence electrons. The van der Waals surface area contributed by atoms with Crippen LogP contribution in [0.1, 0.15) is 28.8 Å². The highest BCUT2D eigenvalue weighted by molar-refractivity contribution is 7.89. The van der Waals surface area contributed by atoms with E-state index in [1.807, 2.05) is 6.92 Å². The van der Waals surface area contributed by atoms with Gasteiger partial charge in [-0.15, -0.1) is 11.3 Å². The monoisotopic (exact) mass is 329 g/mol. The fourth-order valence-electron chi connectivity index (χ4n) is 1.50. The van der Waals surface area contributed by atoms with Crippen molar-refractivity contribution < 1.29 is 17.7 Å². The van der Waals surface area contributed by atoms with Crippen molar-refractivity contribution in [1.82, 2.24) is 9.88 Å². The van der Waals surface area contributed by atoms with Crippen molar-refractivity contribution in [2.24, 2.45) is 0 Å². The summed E-state index contributed by atoms with van der Waals surface area (Å²) in [6.45, 7) is 3.94. The lowest BCUT2D eigenvalue weighted by atomic mass is 10.4. The summed E-state index contributed by atoms with van der Waals surface area (Å²) in [5.74, 6) is 0.438. The number of aryl methyl sites for hydroxylation is 1. The van der Waals surface area contributed by atoms with Gasteiger partial charge in [0.25, 0.3) is 5.91 Å². The fraction of sp³-hybridized carbons (Fsp3) is 0.333. The zero-order valence-corrected chi connectivity index (χ0v) is 13.2. The van der Waals surface area contributed by atoms with Gasteiger partial charge in [0.15, 0.2) is 5.82 Å². The summed E-state index contributed by atoms with van der Waals surface area (Å²) in [5, 5.41) is 7.61. The SMILES string of the molecule is CCCNS(=O)(=O)c1csc(C(=O)Nc2cc(C)on2)c1. The summed E-state index contributed by atoms with van der Waals surface area (Å²) in [6, 6.07) is 2.91. The minimum Gasteiger partial charge on any atom is -0.360 e. The van der Waals surface area contributed by atoms with Gasteiger partial charge in [0.1, 0.15) is 5.76 Å². The Morgan fingerprint density at radius 2 is 2.19 bits per heavy atom. The summed E-state index contributed by atoms with van der Waals surface area (Å²) in [6.07, 6.45) is 0.697. The predicted molar refractivity (Wildman–Crippen MR) is 79.0 cm³/mol. The second kappa shape index (κ2) is 6.37. The Kier molecular flexibility index (Phi) is 4.76. The number of hydrogen-bond donors (Lipinski definition) is 2. The zero-order valence-electron chi connectivity index (χ0n) is 11.5. The quantitative estimate of drug-likeness (QED) is 0.844. The maximum Gasteiger partial charge on any atom is 0.267 e. The molecule has 0 unspecified atom stereocenters. The lowest BCUT2D eigenvalue weighted by Crippen LogP contribution is -2.24. The number of nitrogens with one attached hydrogen (secondary N) is 2. The van der Waals surface area contributed by atoms with E-state index in [0.29, 0.717) is 24.5 Å². The lowest BCUT2D eigenvalue weighted by molar-refractivity contribution is 0.102. The first-order valence-electron chi connectivity index (χ1n) is 6.25. The smallest absolute Gasteiger partial charge is 0.267 e. The molecule has 0 aliphatic rings. The number of hydrogen-bond acceptors (Lipinski definition) is 6. The molecule has 1 amide bonds. The van der Waals surface area contributed by atoms with Gasteiger partial charge in [0, 0.05) is 18.0 Å². The van der Waals surface area contributed by atoms with Gasteiger partial charge >= 0.3 is 0 Å². The van der Waals surface area contributed by atoms with E-state index in [1.165, 1.54) is 11.4 Å². The molecule has 0 aliphatic carbocycles. The summed E-state index contributed by atoms with van der Waals surface area (Å²) < 4.78 is 31.1. The molecule has 21 heavy (non-hydrogen) atoms. The van der Waals surface area contributed by atoms with Crippen LogP contribution in [0.2, 0.25) is 0 Å². The topological polar surface area (TPSA) is 101 Å². The number of nitrogens with zero attached hydrogens (tertiary/aromatic N) is 1. The molecule has 9 heteroatoms. The molecule has 7 nitrogen and oxygen atoms in total. The van der Waals surface area contributed by atoms with Gasteiger partial charge in [-0.1, -0.05) is 12.1 Å². The standard InChI is InChI=1S/C12H15N3O4S2/c1-3-4-13-21(17,18)9-6-10(20-7-9)12(16)14-11-5-8(2)19-15-11/h5-7,13H,3-4H2,1-2H3,(H,14,15,16). The molecule has 2 rings (SSSR count). The van der Waals surface area contributed by atoms with Gasteiger partial charge in [0.2, 0.25) is 10.0 Å². The Hall–Kier alpha value is -1.71. The maximum absolute atomic E-state index is 12.0. The third kappa shape index (κ3) is 3.90. The highest BCUT2D eigenvalue weighted by atomic mass is 32.2. The largest absolute Gasteiger partial charge is 0.360 e. The Morgan fingerprint density at radius 1 is 1.43 bits per heavy atom. The number of aromatic nitrogens is 1. The molecular formula is C12H15N3O4S2. The number of rotatable bonds is 6. The van der Waals surface area contributed by atoms with Gasteiger partial charge in [-0.3, -0.25) is 4.79 Å². The number of carbonyl (C=O) groups is 1. The summed E-state index contributed by atoms with van der Waals surface area (Å²) in [7, 11) is -3.56. The average Bonchev–Trinajstić information content (AvgIpc) is 3.06. The number of amides is 1. The normalized spacial score (nSPS) is 11.5. The molecule has 0 aromatic carbocycles. The first-order valence-corrected chi connectivity index (χ1v) is 8.61. The van der Waals surface area contributed by atoms with Gasteiger partial charge in [-0.05, 0) is 19.4 Å². The molecule has 0 aliphatic heterocycles. The molecule has 0 radical (unpaired) electrons. The van der Waals surface area contributed by atoms with Crippen molar-refractivity contribution in [3.63, 3.8) is 0 Å². The van der Waals surface area contributed by atoms with E-state index in [-0.39, 0.29) is 9.77 Å². The Bertz CT molecular complexity index is 733. The Balaban J connectivity index is 2.10. The molecule has 2 N–H and O–H groups in total. The van der Waals surface area contributed by atoms with Crippen molar-refractivity contribution >= 4 is 33.1 Å². The van der Waals surface area contributed by atoms with E-state index >= 15 is 0 Å². The van der Waals surface area contributed by atoms with Crippen LogP contribution in [0.25, 0.3) is 0 Å². The van der Waals surface area contributed by atoms with Crippen molar-refractivity contribution in [3.8, 4) is 0 Å². The molecule has 2 heterocycles.